The Morgan fingerprint density at radius 3 is 2.52 bits per heavy atom. The topological polar surface area (TPSA) is 114 Å². The Morgan fingerprint density at radius 2 is 1.81 bits per heavy atom. The molecule has 2 aromatic carbocycles. The van der Waals surface area contributed by atoms with Crippen molar-refractivity contribution < 1.29 is 22.8 Å². The number of carbonyl (C=O) groups is 2. The fraction of sp³-hybridized carbons (Fsp3) is 0.207. The van der Waals surface area contributed by atoms with Gasteiger partial charge in [-0.05, 0) is 62.6 Å². The van der Waals surface area contributed by atoms with Crippen molar-refractivity contribution in [3.8, 4) is 5.69 Å². The second kappa shape index (κ2) is 10.6. The highest BCUT2D eigenvalue weighted by Gasteiger charge is 2.32. The molecule has 3 N–H and O–H groups in total. The molecule has 1 saturated carbocycles. The van der Waals surface area contributed by atoms with E-state index in [0.717, 1.165) is 29.7 Å². The van der Waals surface area contributed by atoms with Crippen molar-refractivity contribution in [1.82, 2.24) is 19.5 Å². The molecule has 0 unspecified atom stereocenters. The average molecular weight is 592 g/mol. The highest BCUT2D eigenvalue weighted by Crippen LogP contribution is 2.34. The molecule has 0 aliphatic heterocycles. The first-order chi connectivity index (χ1) is 20.0. The minimum Gasteiger partial charge on any atom is -0.366 e. The third-order valence-corrected chi connectivity index (χ3v) is 7.75. The predicted molar refractivity (Wildman–Crippen MR) is 154 cm³/mol. The molecule has 42 heavy (non-hydrogen) atoms. The van der Waals surface area contributed by atoms with E-state index in [1.54, 1.807) is 31.5 Å². The van der Waals surface area contributed by atoms with Crippen LogP contribution in [0.4, 0.5) is 30.4 Å². The molecule has 3 heterocycles. The zero-order valence-electron chi connectivity index (χ0n) is 22.4. The van der Waals surface area contributed by atoms with Gasteiger partial charge >= 0.3 is 6.18 Å². The highest BCUT2D eigenvalue weighted by atomic mass is 32.1. The zero-order chi connectivity index (χ0) is 29.6. The lowest BCUT2D eigenvalue weighted by Gasteiger charge is -2.14. The molecule has 1 aliphatic carbocycles. The van der Waals surface area contributed by atoms with E-state index in [1.165, 1.54) is 46.8 Å². The molecule has 5 aromatic rings. The molecule has 6 rings (SSSR count). The van der Waals surface area contributed by atoms with Gasteiger partial charge in [0.25, 0.3) is 11.8 Å². The molecule has 1 aliphatic rings. The molecule has 13 heteroatoms. The van der Waals surface area contributed by atoms with Crippen molar-refractivity contribution in [2.75, 3.05) is 16.0 Å². The molecule has 1 fully saturated rings. The minimum atomic E-state index is -4.63. The lowest BCUT2D eigenvalue weighted by atomic mass is 10.1. The maximum Gasteiger partial charge on any atom is 0.416 e. The smallest absolute Gasteiger partial charge is 0.366 e. The third-order valence-electron chi connectivity index (χ3n) is 6.78. The number of aromatic nitrogens is 4. The lowest BCUT2D eigenvalue weighted by molar-refractivity contribution is -0.137. The number of aryl methyl sites for hydroxylation is 2. The SMILES string of the molecule is Cc1cn(-c2cc(NC(=O)c3ccc(C)c(NC(=O)c4csc5c(NC6CC6)ncnc45)c3)cc(C(F)(F)F)c2)cn1. The summed E-state index contributed by atoms with van der Waals surface area (Å²) in [6, 6.07) is 8.36. The van der Waals surface area contributed by atoms with Gasteiger partial charge in [0.1, 0.15) is 12.1 Å². The average Bonchev–Trinajstić information content (AvgIpc) is 3.47. The van der Waals surface area contributed by atoms with Crippen molar-refractivity contribution >= 4 is 50.6 Å². The van der Waals surface area contributed by atoms with Crippen LogP contribution in [0.2, 0.25) is 0 Å². The van der Waals surface area contributed by atoms with E-state index in [-0.39, 0.29) is 16.9 Å². The third kappa shape index (κ3) is 5.68. The van der Waals surface area contributed by atoms with E-state index in [4.69, 9.17) is 0 Å². The monoisotopic (exact) mass is 591 g/mol. The number of benzene rings is 2. The van der Waals surface area contributed by atoms with Gasteiger partial charge in [-0.15, -0.1) is 11.3 Å². The van der Waals surface area contributed by atoms with Crippen LogP contribution < -0.4 is 16.0 Å². The Bertz CT molecular complexity index is 1840. The van der Waals surface area contributed by atoms with Crippen LogP contribution in [0.25, 0.3) is 15.9 Å². The number of anilines is 3. The van der Waals surface area contributed by atoms with E-state index < -0.39 is 23.6 Å². The summed E-state index contributed by atoms with van der Waals surface area (Å²) in [5.74, 6) is -0.347. The van der Waals surface area contributed by atoms with Crippen LogP contribution in [-0.2, 0) is 6.18 Å². The van der Waals surface area contributed by atoms with Gasteiger partial charge in [-0.25, -0.2) is 15.0 Å². The number of carbonyl (C=O) groups excluding carboxylic acids is 2. The molecule has 0 atom stereocenters. The summed E-state index contributed by atoms with van der Waals surface area (Å²) in [6.45, 7) is 3.49. The summed E-state index contributed by atoms with van der Waals surface area (Å²) in [7, 11) is 0. The van der Waals surface area contributed by atoms with Crippen LogP contribution in [0.1, 0.15) is 50.4 Å². The maximum atomic E-state index is 13.7. The number of halogens is 3. The van der Waals surface area contributed by atoms with E-state index in [0.29, 0.717) is 39.9 Å². The van der Waals surface area contributed by atoms with Crippen LogP contribution in [0.3, 0.4) is 0 Å². The molecule has 2 amide bonds. The molecule has 0 radical (unpaired) electrons. The molecular formula is C29H24F3N7O2S. The fourth-order valence-corrected chi connectivity index (χ4v) is 5.34. The molecule has 3 aromatic heterocycles. The van der Waals surface area contributed by atoms with Crippen molar-refractivity contribution in [1.29, 1.82) is 0 Å². The van der Waals surface area contributed by atoms with Crippen LogP contribution in [0.5, 0.6) is 0 Å². The van der Waals surface area contributed by atoms with Gasteiger partial charge in [-0.1, -0.05) is 6.07 Å². The Labute approximate surface area is 241 Å². The number of fused-ring (bicyclic) bond motifs is 1. The van der Waals surface area contributed by atoms with Crippen LogP contribution in [0.15, 0.2) is 60.6 Å². The zero-order valence-corrected chi connectivity index (χ0v) is 23.2. The van der Waals surface area contributed by atoms with Crippen molar-refractivity contribution in [2.24, 2.45) is 0 Å². The van der Waals surface area contributed by atoms with Gasteiger partial charge in [0.05, 0.1) is 33.4 Å². The molecule has 0 spiro atoms. The number of hydrogen-bond acceptors (Lipinski definition) is 7. The molecule has 0 saturated heterocycles. The Hall–Kier alpha value is -4.78. The van der Waals surface area contributed by atoms with Crippen LogP contribution in [0, 0.1) is 13.8 Å². The number of nitrogens with zero attached hydrogens (tertiary/aromatic N) is 4. The largest absolute Gasteiger partial charge is 0.416 e. The summed E-state index contributed by atoms with van der Waals surface area (Å²) in [6.07, 6.45) is 1.93. The summed E-state index contributed by atoms with van der Waals surface area (Å²) < 4.78 is 43.2. The Balaban J connectivity index is 1.24. The molecule has 9 nitrogen and oxygen atoms in total. The lowest BCUT2D eigenvalue weighted by Crippen LogP contribution is -2.16. The van der Waals surface area contributed by atoms with Gasteiger partial charge in [0, 0.05) is 40.2 Å². The number of alkyl halides is 3. The van der Waals surface area contributed by atoms with Crippen molar-refractivity contribution in [3.05, 3.63) is 88.6 Å². The van der Waals surface area contributed by atoms with E-state index >= 15 is 0 Å². The predicted octanol–water partition coefficient (Wildman–Crippen LogP) is 6.59. The summed E-state index contributed by atoms with van der Waals surface area (Å²) in [4.78, 5) is 39.1. The van der Waals surface area contributed by atoms with Crippen molar-refractivity contribution in [3.63, 3.8) is 0 Å². The summed E-state index contributed by atoms with van der Waals surface area (Å²) in [5, 5.41) is 10.5. The van der Waals surface area contributed by atoms with E-state index in [9.17, 15) is 22.8 Å². The quantitative estimate of drug-likeness (QED) is 0.197. The molecule has 214 valence electrons. The molecular weight excluding hydrogens is 567 g/mol. The Morgan fingerprint density at radius 1 is 1.00 bits per heavy atom. The number of amides is 2. The van der Waals surface area contributed by atoms with Crippen LogP contribution in [-0.4, -0.2) is 37.4 Å². The van der Waals surface area contributed by atoms with Gasteiger partial charge in [0.2, 0.25) is 0 Å². The first-order valence-electron chi connectivity index (χ1n) is 13.0. The highest BCUT2D eigenvalue weighted by molar-refractivity contribution is 7.18. The second-order valence-electron chi connectivity index (χ2n) is 10.1. The van der Waals surface area contributed by atoms with Gasteiger partial charge in [0.15, 0.2) is 0 Å². The fourth-order valence-electron chi connectivity index (χ4n) is 4.39. The second-order valence-corrected chi connectivity index (χ2v) is 11.0. The van der Waals surface area contributed by atoms with Crippen molar-refractivity contribution in [2.45, 2.75) is 38.9 Å². The van der Waals surface area contributed by atoms with Gasteiger partial charge < -0.3 is 20.5 Å². The summed E-state index contributed by atoms with van der Waals surface area (Å²) in [5.41, 5.74) is 2.00. The van der Waals surface area contributed by atoms with E-state index in [1.807, 2.05) is 0 Å². The Kier molecular flexibility index (Phi) is 6.89. The van der Waals surface area contributed by atoms with Crippen LogP contribution >= 0.6 is 11.3 Å². The van der Waals surface area contributed by atoms with Gasteiger partial charge in [-0.2, -0.15) is 13.2 Å². The van der Waals surface area contributed by atoms with Gasteiger partial charge in [-0.3, -0.25) is 9.59 Å². The standard InChI is InChI=1S/C29H24F3N7O2S/c1-15-3-4-17(27(40)37-20-8-18(29(30,31)32)9-21(10-20)39-11-16(2)35-14-39)7-23(15)38-28(41)22-12-42-25-24(22)33-13-34-26(25)36-19-5-6-19/h3-4,7-14,19H,5-6H2,1-2H3,(H,37,40)(H,38,41)(H,33,34,36). The number of rotatable bonds is 7. The maximum absolute atomic E-state index is 13.7. The first-order valence-corrected chi connectivity index (χ1v) is 13.9. The summed E-state index contributed by atoms with van der Waals surface area (Å²) >= 11 is 1.37. The molecule has 0 bridgehead atoms. The van der Waals surface area contributed by atoms with E-state index in [2.05, 4.69) is 30.9 Å². The normalized spacial score (nSPS) is 13.3. The number of thiophene rings is 1. The number of imidazole rings is 1. The first kappa shape index (κ1) is 27.4. The number of nitrogens with one attached hydrogen (secondary N) is 3. The minimum absolute atomic E-state index is 0.0395. The number of hydrogen-bond donors (Lipinski definition) is 3.